The topological polar surface area (TPSA) is 38.0 Å². The molecule has 0 spiro atoms. The molecule has 1 N–H and O–H groups in total. The maximum absolute atomic E-state index is 8.76. The van der Waals surface area contributed by atoms with E-state index in [0.29, 0.717) is 0 Å². The second-order valence-corrected chi connectivity index (χ2v) is 5.46. The van der Waals surface area contributed by atoms with Gasteiger partial charge in [-0.2, -0.15) is 0 Å². The van der Waals surface area contributed by atoms with Crippen molar-refractivity contribution in [2.24, 2.45) is 0 Å². The van der Waals surface area contributed by atoms with Crippen LogP contribution in [0, 0.1) is 11.8 Å². The molecular weight excluding hydrogens is 280 g/mol. The van der Waals surface area contributed by atoms with Crippen molar-refractivity contribution in [3.05, 3.63) is 65.3 Å². The van der Waals surface area contributed by atoms with Crippen molar-refractivity contribution in [3.63, 3.8) is 0 Å². The first kappa shape index (κ1) is 13.6. The highest BCUT2D eigenvalue weighted by Gasteiger charge is 2.07. The molecule has 4 heteroatoms. The summed E-state index contributed by atoms with van der Waals surface area (Å²) in [6, 6.07) is 12.2. The van der Waals surface area contributed by atoms with Crippen LogP contribution in [0.4, 0.5) is 0 Å². The average Bonchev–Trinajstić information content (AvgIpc) is 3.16. The van der Waals surface area contributed by atoms with Crippen molar-refractivity contribution in [2.75, 3.05) is 6.61 Å². The van der Waals surface area contributed by atoms with E-state index in [2.05, 4.69) is 38.9 Å². The van der Waals surface area contributed by atoms with E-state index in [4.69, 9.17) is 5.11 Å². The van der Waals surface area contributed by atoms with Gasteiger partial charge in [-0.25, -0.2) is 4.98 Å². The molecule has 2 heterocycles. The quantitative estimate of drug-likeness (QED) is 0.754. The van der Waals surface area contributed by atoms with E-state index >= 15 is 0 Å². The molecule has 0 fully saturated rings. The lowest BCUT2D eigenvalue weighted by Gasteiger charge is -2.07. The molecule has 0 amide bonds. The van der Waals surface area contributed by atoms with Gasteiger partial charge in [-0.05, 0) is 29.1 Å². The molecule has 0 saturated heterocycles. The highest BCUT2D eigenvalue weighted by Crippen LogP contribution is 2.23. The zero-order chi connectivity index (χ0) is 14.5. The van der Waals surface area contributed by atoms with Crippen LogP contribution in [0.15, 0.2) is 54.2 Å². The summed E-state index contributed by atoms with van der Waals surface area (Å²) in [5, 5.41) is 10.8. The fourth-order valence-electron chi connectivity index (χ4n) is 2.15. The van der Waals surface area contributed by atoms with Gasteiger partial charge in [-0.1, -0.05) is 30.0 Å². The van der Waals surface area contributed by atoms with Gasteiger partial charge in [0.25, 0.3) is 0 Å². The molecule has 0 unspecified atom stereocenters. The van der Waals surface area contributed by atoms with Gasteiger partial charge in [0.1, 0.15) is 12.4 Å². The largest absolute Gasteiger partial charge is 0.384 e. The van der Waals surface area contributed by atoms with Gasteiger partial charge in [-0.15, -0.1) is 11.3 Å². The van der Waals surface area contributed by atoms with Gasteiger partial charge in [0, 0.05) is 24.5 Å². The maximum Gasteiger partial charge on any atom is 0.150 e. The van der Waals surface area contributed by atoms with Crippen molar-refractivity contribution in [3.8, 4) is 22.5 Å². The predicted molar refractivity (Wildman–Crippen MR) is 85.0 cm³/mol. The first-order chi connectivity index (χ1) is 10.4. The van der Waals surface area contributed by atoms with Crippen LogP contribution in [0.25, 0.3) is 10.7 Å². The van der Waals surface area contributed by atoms with E-state index in [-0.39, 0.29) is 6.61 Å². The molecule has 1 aromatic carbocycles. The standard InChI is InChI=1S/C17H14N2OS/c20-10-2-6-14-4-1-5-15(12-14)13-19-9-8-18-17(19)16-7-3-11-21-16/h1,3-5,7-9,11-12,20H,10,13H2. The number of aromatic nitrogens is 2. The van der Waals surface area contributed by atoms with Gasteiger partial charge in [-0.3, -0.25) is 0 Å². The summed E-state index contributed by atoms with van der Waals surface area (Å²) in [7, 11) is 0. The zero-order valence-electron chi connectivity index (χ0n) is 11.4. The Labute approximate surface area is 127 Å². The fraction of sp³-hybridized carbons (Fsp3) is 0.118. The Morgan fingerprint density at radius 3 is 3.00 bits per heavy atom. The molecular formula is C17H14N2OS. The number of rotatable bonds is 3. The van der Waals surface area contributed by atoms with Crippen molar-refractivity contribution in [1.82, 2.24) is 9.55 Å². The summed E-state index contributed by atoms with van der Waals surface area (Å²) in [4.78, 5) is 5.60. The van der Waals surface area contributed by atoms with Crippen LogP contribution in [0.1, 0.15) is 11.1 Å². The molecule has 21 heavy (non-hydrogen) atoms. The van der Waals surface area contributed by atoms with E-state index in [0.717, 1.165) is 28.4 Å². The number of thiophene rings is 1. The van der Waals surface area contributed by atoms with Crippen molar-refractivity contribution >= 4 is 11.3 Å². The molecule has 0 radical (unpaired) electrons. The van der Waals surface area contributed by atoms with Crippen LogP contribution in [-0.4, -0.2) is 21.3 Å². The lowest BCUT2D eigenvalue weighted by Crippen LogP contribution is -2.00. The summed E-state index contributed by atoms with van der Waals surface area (Å²) in [6.45, 7) is 0.635. The van der Waals surface area contributed by atoms with Crippen LogP contribution in [-0.2, 0) is 6.54 Å². The predicted octanol–water partition coefficient (Wildman–Crippen LogP) is 3.00. The smallest absolute Gasteiger partial charge is 0.150 e. The van der Waals surface area contributed by atoms with Gasteiger partial charge >= 0.3 is 0 Å². The summed E-state index contributed by atoms with van der Waals surface area (Å²) in [6.07, 6.45) is 3.81. The maximum atomic E-state index is 8.76. The molecule has 0 bridgehead atoms. The van der Waals surface area contributed by atoms with Crippen molar-refractivity contribution < 1.29 is 5.11 Å². The van der Waals surface area contributed by atoms with Gasteiger partial charge in [0.05, 0.1) is 4.88 Å². The number of aliphatic hydroxyl groups excluding tert-OH is 1. The Morgan fingerprint density at radius 1 is 1.24 bits per heavy atom. The molecule has 0 saturated carbocycles. The minimum absolute atomic E-state index is 0.117. The van der Waals surface area contributed by atoms with Gasteiger partial charge in [0.15, 0.2) is 0 Å². The summed E-state index contributed by atoms with van der Waals surface area (Å²) in [5.41, 5.74) is 2.08. The Kier molecular flexibility index (Phi) is 4.15. The number of aliphatic hydroxyl groups is 1. The van der Waals surface area contributed by atoms with Gasteiger partial charge in [0.2, 0.25) is 0 Å². The van der Waals surface area contributed by atoms with Crippen LogP contribution < -0.4 is 0 Å². The lowest BCUT2D eigenvalue weighted by atomic mass is 10.1. The minimum atomic E-state index is -0.117. The molecule has 0 aliphatic carbocycles. The van der Waals surface area contributed by atoms with Crippen molar-refractivity contribution in [2.45, 2.75) is 6.54 Å². The van der Waals surface area contributed by atoms with Crippen LogP contribution in [0.5, 0.6) is 0 Å². The number of hydrogen-bond acceptors (Lipinski definition) is 3. The fourth-order valence-corrected chi connectivity index (χ4v) is 2.89. The number of imidazole rings is 1. The Morgan fingerprint density at radius 2 is 2.19 bits per heavy atom. The minimum Gasteiger partial charge on any atom is -0.384 e. The monoisotopic (exact) mass is 294 g/mol. The third-order valence-electron chi connectivity index (χ3n) is 3.05. The molecule has 0 atom stereocenters. The van der Waals surface area contributed by atoms with E-state index < -0.39 is 0 Å². The summed E-state index contributed by atoms with van der Waals surface area (Å²) in [5.74, 6) is 6.59. The first-order valence-corrected chi connectivity index (χ1v) is 7.48. The third-order valence-corrected chi connectivity index (χ3v) is 3.91. The summed E-state index contributed by atoms with van der Waals surface area (Å²) >= 11 is 1.69. The number of benzene rings is 1. The average molecular weight is 294 g/mol. The van der Waals surface area contributed by atoms with Crippen LogP contribution in [0.2, 0.25) is 0 Å². The van der Waals surface area contributed by atoms with Crippen LogP contribution in [0.3, 0.4) is 0 Å². The van der Waals surface area contributed by atoms with Gasteiger partial charge < -0.3 is 9.67 Å². The Hall–Kier alpha value is -2.35. The molecule has 2 aromatic heterocycles. The Balaban J connectivity index is 1.86. The second kappa shape index (κ2) is 6.40. The number of hydrogen-bond donors (Lipinski definition) is 1. The van der Waals surface area contributed by atoms with Crippen molar-refractivity contribution in [1.29, 1.82) is 0 Å². The molecule has 3 nitrogen and oxygen atoms in total. The van der Waals surface area contributed by atoms with E-state index in [9.17, 15) is 0 Å². The molecule has 0 aliphatic rings. The molecule has 3 rings (SSSR count). The molecule has 104 valence electrons. The normalized spacial score (nSPS) is 10.1. The molecule has 3 aromatic rings. The lowest BCUT2D eigenvalue weighted by molar-refractivity contribution is 0.350. The first-order valence-electron chi connectivity index (χ1n) is 6.60. The highest BCUT2D eigenvalue weighted by molar-refractivity contribution is 7.13. The summed E-state index contributed by atoms with van der Waals surface area (Å²) < 4.78 is 2.13. The highest BCUT2D eigenvalue weighted by atomic mass is 32.1. The van der Waals surface area contributed by atoms with Crippen LogP contribution >= 0.6 is 11.3 Å². The zero-order valence-corrected chi connectivity index (χ0v) is 12.2. The van der Waals surface area contributed by atoms with E-state index in [1.54, 1.807) is 11.3 Å². The Bertz CT molecular complexity index is 778. The molecule has 0 aliphatic heterocycles. The third kappa shape index (κ3) is 3.22. The number of nitrogens with zero attached hydrogens (tertiary/aromatic N) is 2. The van der Waals surface area contributed by atoms with E-state index in [1.165, 1.54) is 0 Å². The van der Waals surface area contributed by atoms with E-state index in [1.807, 2.05) is 36.7 Å². The second-order valence-electron chi connectivity index (χ2n) is 4.52. The SMILES string of the molecule is OCC#Cc1cccc(Cn2ccnc2-c2cccs2)c1.